The zero-order valence-electron chi connectivity index (χ0n) is 20.1. The summed E-state index contributed by atoms with van der Waals surface area (Å²) < 4.78 is 36.4. The van der Waals surface area contributed by atoms with Crippen molar-refractivity contribution in [3.63, 3.8) is 0 Å². The van der Waals surface area contributed by atoms with E-state index in [1.807, 2.05) is 44.2 Å². The van der Waals surface area contributed by atoms with Gasteiger partial charge < -0.3 is 9.30 Å². The van der Waals surface area contributed by atoms with Crippen LogP contribution in [-0.2, 0) is 21.3 Å². The summed E-state index contributed by atoms with van der Waals surface area (Å²) in [6.07, 6.45) is 2.36. The average Bonchev–Trinajstić information content (AvgIpc) is 3.10. The van der Waals surface area contributed by atoms with Crippen LogP contribution in [0.5, 0.6) is 0 Å². The van der Waals surface area contributed by atoms with Crippen molar-refractivity contribution in [1.82, 2.24) is 13.9 Å². The normalized spacial score (nSPS) is 13.2. The average molecular weight is 470 g/mol. The molecule has 0 saturated heterocycles. The number of sulfonamides is 1. The minimum atomic E-state index is -3.70. The molecule has 0 aliphatic heterocycles. The fourth-order valence-electron chi connectivity index (χ4n) is 4.12. The van der Waals surface area contributed by atoms with Crippen LogP contribution >= 0.6 is 0 Å². The molecule has 0 aliphatic rings. The summed E-state index contributed by atoms with van der Waals surface area (Å²) in [5.74, 6) is 1.27. The van der Waals surface area contributed by atoms with E-state index >= 15 is 0 Å². The monoisotopic (exact) mass is 469 g/mol. The van der Waals surface area contributed by atoms with Crippen molar-refractivity contribution in [3.05, 3.63) is 72.6 Å². The molecule has 0 amide bonds. The predicted molar refractivity (Wildman–Crippen MR) is 134 cm³/mol. The van der Waals surface area contributed by atoms with E-state index in [1.54, 1.807) is 18.2 Å². The Morgan fingerprint density at radius 3 is 2.48 bits per heavy atom. The summed E-state index contributed by atoms with van der Waals surface area (Å²) >= 11 is 0. The number of para-hydroxylation sites is 2. The van der Waals surface area contributed by atoms with Gasteiger partial charge in [-0.15, -0.1) is 6.58 Å². The molecule has 0 N–H and O–H groups in total. The lowest BCUT2D eigenvalue weighted by molar-refractivity contribution is 0.0917. The van der Waals surface area contributed by atoms with Crippen molar-refractivity contribution in [3.8, 4) is 0 Å². The summed E-state index contributed by atoms with van der Waals surface area (Å²) in [5.41, 5.74) is 3.04. The quantitative estimate of drug-likeness (QED) is 0.349. The van der Waals surface area contributed by atoms with Crippen molar-refractivity contribution >= 4 is 21.1 Å². The molecule has 0 radical (unpaired) electrons. The Labute approximate surface area is 197 Å². The minimum absolute atomic E-state index is 0.243. The topological polar surface area (TPSA) is 64.4 Å². The third-order valence-electron chi connectivity index (χ3n) is 5.69. The number of hydrogen-bond acceptors (Lipinski definition) is 4. The van der Waals surface area contributed by atoms with Gasteiger partial charge in [-0.3, -0.25) is 0 Å². The molecule has 2 aromatic carbocycles. The Bertz CT molecular complexity index is 1170. The van der Waals surface area contributed by atoms with Crippen molar-refractivity contribution in [2.24, 2.45) is 5.92 Å². The molecule has 0 unspecified atom stereocenters. The number of fused-ring (bicyclic) bond motifs is 1. The van der Waals surface area contributed by atoms with Crippen molar-refractivity contribution < 1.29 is 13.2 Å². The number of benzene rings is 2. The van der Waals surface area contributed by atoms with E-state index in [2.05, 4.69) is 36.0 Å². The summed E-state index contributed by atoms with van der Waals surface area (Å²) in [6, 6.07) is 14.9. The van der Waals surface area contributed by atoms with E-state index in [0.29, 0.717) is 25.7 Å². The Hall–Kier alpha value is -2.48. The number of aromatic nitrogens is 2. The first-order valence-electron chi connectivity index (χ1n) is 11.5. The zero-order valence-corrected chi connectivity index (χ0v) is 20.9. The lowest BCUT2D eigenvalue weighted by atomic mass is 10.0. The second-order valence-corrected chi connectivity index (χ2v) is 10.6. The third-order valence-corrected chi connectivity index (χ3v) is 7.62. The highest BCUT2D eigenvalue weighted by Gasteiger charge is 2.31. The van der Waals surface area contributed by atoms with Crippen LogP contribution in [0.2, 0.25) is 0 Å². The van der Waals surface area contributed by atoms with Crippen molar-refractivity contribution in [1.29, 1.82) is 0 Å². The molecule has 3 aromatic rings. The van der Waals surface area contributed by atoms with Gasteiger partial charge in [0.2, 0.25) is 10.0 Å². The molecule has 0 saturated carbocycles. The second-order valence-electron chi connectivity index (χ2n) is 8.68. The molecule has 0 fully saturated rings. The molecule has 1 heterocycles. The molecule has 3 rings (SSSR count). The standard InChI is InChI=1S/C26H35N3O3S/c1-6-16-29(23(17-20(3)4)19-32-7-2)33(30,31)24-14-12-22(13-15-24)18-28-21(5)27-25-10-8-9-11-26(25)28/h6,8-15,20,23H,1,7,16-19H2,2-5H3/t23-/m0/s1. The fraction of sp³-hybridized carbons (Fsp3) is 0.423. The second kappa shape index (κ2) is 11.1. The Kier molecular flexibility index (Phi) is 8.46. The number of nitrogens with zero attached hydrogens (tertiary/aromatic N) is 3. The van der Waals surface area contributed by atoms with Gasteiger partial charge in [0.1, 0.15) is 5.82 Å². The first-order valence-corrected chi connectivity index (χ1v) is 12.9. The van der Waals surface area contributed by atoms with Crippen LogP contribution in [0, 0.1) is 12.8 Å². The Morgan fingerprint density at radius 2 is 1.85 bits per heavy atom. The molecule has 178 valence electrons. The first kappa shape index (κ1) is 25.1. The molecule has 7 heteroatoms. The maximum Gasteiger partial charge on any atom is 0.243 e. The van der Waals surface area contributed by atoms with Crippen LogP contribution in [-0.4, -0.2) is 48.1 Å². The van der Waals surface area contributed by atoms with E-state index in [-0.39, 0.29) is 17.5 Å². The van der Waals surface area contributed by atoms with Gasteiger partial charge in [-0.05, 0) is 56.0 Å². The third kappa shape index (κ3) is 5.91. The molecule has 6 nitrogen and oxygen atoms in total. The molecule has 1 aromatic heterocycles. The number of aryl methyl sites for hydroxylation is 1. The number of imidazole rings is 1. The highest BCUT2D eigenvalue weighted by Crippen LogP contribution is 2.24. The van der Waals surface area contributed by atoms with Crippen LogP contribution in [0.3, 0.4) is 0 Å². The molecule has 0 spiro atoms. The van der Waals surface area contributed by atoms with Gasteiger partial charge in [-0.1, -0.05) is 44.2 Å². The Balaban J connectivity index is 1.87. The summed E-state index contributed by atoms with van der Waals surface area (Å²) in [4.78, 5) is 4.90. The Morgan fingerprint density at radius 1 is 1.15 bits per heavy atom. The van der Waals surface area contributed by atoms with Gasteiger partial charge in [0.15, 0.2) is 0 Å². The van der Waals surface area contributed by atoms with Crippen LogP contribution in [0.4, 0.5) is 0 Å². The maximum absolute atomic E-state index is 13.6. The lowest BCUT2D eigenvalue weighted by Gasteiger charge is -2.31. The van der Waals surface area contributed by atoms with E-state index in [9.17, 15) is 8.42 Å². The van der Waals surface area contributed by atoms with E-state index in [1.165, 1.54) is 4.31 Å². The first-order chi connectivity index (χ1) is 15.8. The molecule has 0 bridgehead atoms. The van der Waals surface area contributed by atoms with Crippen LogP contribution in [0.1, 0.15) is 38.6 Å². The number of hydrogen-bond donors (Lipinski definition) is 0. The largest absolute Gasteiger partial charge is 0.380 e. The summed E-state index contributed by atoms with van der Waals surface area (Å²) in [6.45, 7) is 13.7. The van der Waals surface area contributed by atoms with Crippen LogP contribution < -0.4 is 0 Å². The smallest absolute Gasteiger partial charge is 0.243 e. The van der Waals surface area contributed by atoms with E-state index in [4.69, 9.17) is 4.74 Å². The van der Waals surface area contributed by atoms with E-state index < -0.39 is 10.0 Å². The molecular formula is C26H35N3O3S. The van der Waals surface area contributed by atoms with Crippen LogP contribution in [0.25, 0.3) is 11.0 Å². The highest BCUT2D eigenvalue weighted by atomic mass is 32.2. The molecular weight excluding hydrogens is 434 g/mol. The summed E-state index contributed by atoms with van der Waals surface area (Å²) in [7, 11) is -3.70. The maximum atomic E-state index is 13.6. The van der Waals surface area contributed by atoms with Gasteiger partial charge >= 0.3 is 0 Å². The van der Waals surface area contributed by atoms with Crippen molar-refractivity contribution in [2.75, 3.05) is 19.8 Å². The van der Waals surface area contributed by atoms with Gasteiger partial charge in [-0.25, -0.2) is 13.4 Å². The van der Waals surface area contributed by atoms with Crippen molar-refractivity contribution in [2.45, 2.75) is 51.6 Å². The highest BCUT2D eigenvalue weighted by molar-refractivity contribution is 7.89. The van der Waals surface area contributed by atoms with Gasteiger partial charge in [0.25, 0.3) is 0 Å². The zero-order chi connectivity index (χ0) is 24.0. The predicted octanol–water partition coefficient (Wildman–Crippen LogP) is 5.02. The fourth-order valence-corrected chi connectivity index (χ4v) is 5.71. The lowest BCUT2D eigenvalue weighted by Crippen LogP contribution is -2.43. The SMILES string of the molecule is C=CCN([C@H](COCC)CC(C)C)S(=O)(=O)c1ccc(Cn2c(C)nc3ccccc32)cc1. The molecule has 0 aliphatic carbocycles. The van der Waals surface area contributed by atoms with Gasteiger partial charge in [-0.2, -0.15) is 4.31 Å². The van der Waals surface area contributed by atoms with Gasteiger partial charge in [0.05, 0.1) is 22.5 Å². The van der Waals surface area contributed by atoms with Crippen LogP contribution in [0.15, 0.2) is 66.1 Å². The van der Waals surface area contributed by atoms with Gasteiger partial charge in [0, 0.05) is 25.7 Å². The number of rotatable bonds is 12. The van der Waals surface area contributed by atoms with E-state index in [0.717, 1.165) is 28.8 Å². The molecule has 1 atom stereocenters. The molecule has 33 heavy (non-hydrogen) atoms. The number of ether oxygens (including phenoxy) is 1. The minimum Gasteiger partial charge on any atom is -0.380 e. The summed E-state index contributed by atoms with van der Waals surface area (Å²) in [5, 5.41) is 0.